The van der Waals surface area contributed by atoms with Crippen molar-refractivity contribution in [3.8, 4) is 11.1 Å². The van der Waals surface area contributed by atoms with Gasteiger partial charge >= 0.3 is 6.18 Å². The molecule has 2 aromatic carbocycles. The third kappa shape index (κ3) is 3.35. The molecule has 0 aromatic heterocycles. The molecule has 0 radical (unpaired) electrons. The number of hydrogen-bond donors (Lipinski definition) is 0. The van der Waals surface area contributed by atoms with Gasteiger partial charge in [-0.15, -0.1) is 0 Å². The van der Waals surface area contributed by atoms with Crippen molar-refractivity contribution in [3.63, 3.8) is 0 Å². The lowest BCUT2D eigenvalue weighted by Crippen LogP contribution is -2.04. The summed E-state index contributed by atoms with van der Waals surface area (Å²) in [7, 11) is 0. The van der Waals surface area contributed by atoms with Crippen molar-refractivity contribution in [2.24, 2.45) is 0 Å². The van der Waals surface area contributed by atoms with E-state index in [0.29, 0.717) is 15.6 Å². The maximum absolute atomic E-state index is 12.7. The van der Waals surface area contributed by atoms with Crippen LogP contribution in [0.4, 0.5) is 13.2 Å². The topological polar surface area (TPSA) is 0 Å². The zero-order chi connectivity index (χ0) is 14.2. The highest BCUT2D eigenvalue weighted by Crippen LogP contribution is 2.37. The zero-order valence-corrected chi connectivity index (χ0v) is 11.5. The van der Waals surface area contributed by atoms with Gasteiger partial charge in [-0.25, -0.2) is 0 Å². The molecular weight excluding hydrogens is 319 g/mol. The van der Waals surface area contributed by atoms with E-state index in [2.05, 4.69) is 0 Å². The molecule has 0 aliphatic carbocycles. The van der Waals surface area contributed by atoms with Gasteiger partial charge in [-0.2, -0.15) is 13.2 Å². The molecule has 6 heteroatoms. The minimum absolute atomic E-state index is 0.200. The Morgan fingerprint density at radius 2 is 1.37 bits per heavy atom. The van der Waals surface area contributed by atoms with Crippen LogP contribution in [-0.2, 0) is 6.18 Å². The van der Waals surface area contributed by atoms with Gasteiger partial charge in [0.2, 0.25) is 0 Å². The molecular formula is C13H6Cl3F3. The van der Waals surface area contributed by atoms with Gasteiger partial charge in [0.15, 0.2) is 0 Å². The molecule has 0 unspecified atom stereocenters. The summed E-state index contributed by atoms with van der Waals surface area (Å²) in [6.07, 6.45) is -4.43. The van der Waals surface area contributed by atoms with Crippen molar-refractivity contribution in [2.75, 3.05) is 0 Å². The SMILES string of the molecule is FC(F)(F)c1ccc(Cl)c(-c2cc(Cl)cc(Cl)c2)c1. The molecule has 0 N–H and O–H groups in total. The molecule has 0 aliphatic rings. The lowest BCUT2D eigenvalue weighted by atomic mass is 10.0. The predicted molar refractivity (Wildman–Crippen MR) is 71.9 cm³/mol. The zero-order valence-electron chi connectivity index (χ0n) is 9.23. The van der Waals surface area contributed by atoms with E-state index in [9.17, 15) is 13.2 Å². The van der Waals surface area contributed by atoms with Crippen LogP contribution in [0.1, 0.15) is 5.56 Å². The Morgan fingerprint density at radius 1 is 0.789 bits per heavy atom. The number of rotatable bonds is 1. The Hall–Kier alpha value is -0.900. The van der Waals surface area contributed by atoms with Gasteiger partial charge in [0, 0.05) is 20.6 Å². The van der Waals surface area contributed by atoms with Crippen molar-refractivity contribution < 1.29 is 13.2 Å². The molecule has 0 nitrogen and oxygen atoms in total. The Bertz CT molecular complexity index is 601. The fourth-order valence-corrected chi connectivity index (χ4v) is 2.38. The maximum Gasteiger partial charge on any atom is 0.416 e. The van der Waals surface area contributed by atoms with Gasteiger partial charge in [-0.1, -0.05) is 34.8 Å². The molecule has 0 spiro atoms. The summed E-state index contributed by atoms with van der Waals surface area (Å²) in [6, 6.07) is 7.62. The van der Waals surface area contributed by atoms with Crippen molar-refractivity contribution in [1.29, 1.82) is 0 Å². The lowest BCUT2D eigenvalue weighted by molar-refractivity contribution is -0.137. The molecule has 0 aliphatic heterocycles. The van der Waals surface area contributed by atoms with Crippen LogP contribution >= 0.6 is 34.8 Å². The molecule has 2 rings (SSSR count). The van der Waals surface area contributed by atoms with Gasteiger partial charge in [0.1, 0.15) is 0 Å². The van der Waals surface area contributed by atoms with E-state index in [1.54, 1.807) is 0 Å². The fraction of sp³-hybridized carbons (Fsp3) is 0.0769. The summed E-state index contributed by atoms with van der Waals surface area (Å²) >= 11 is 17.6. The average molecular weight is 326 g/mol. The van der Waals surface area contributed by atoms with Gasteiger partial charge < -0.3 is 0 Å². The van der Waals surface area contributed by atoms with E-state index in [1.807, 2.05) is 0 Å². The molecule has 2 aromatic rings. The summed E-state index contributed by atoms with van der Waals surface area (Å²) in [6.45, 7) is 0. The van der Waals surface area contributed by atoms with Crippen LogP contribution in [0.3, 0.4) is 0 Å². The van der Waals surface area contributed by atoms with Crippen LogP contribution in [0.2, 0.25) is 15.1 Å². The third-order valence-corrected chi connectivity index (χ3v) is 3.23. The molecule has 19 heavy (non-hydrogen) atoms. The monoisotopic (exact) mass is 324 g/mol. The van der Waals surface area contributed by atoms with Gasteiger partial charge in [0.05, 0.1) is 5.56 Å². The van der Waals surface area contributed by atoms with E-state index >= 15 is 0 Å². The summed E-state index contributed by atoms with van der Waals surface area (Å²) < 4.78 is 38.0. The second-order valence-electron chi connectivity index (χ2n) is 3.85. The normalized spacial score (nSPS) is 11.7. The van der Waals surface area contributed by atoms with Crippen LogP contribution in [0, 0.1) is 0 Å². The largest absolute Gasteiger partial charge is 0.416 e. The van der Waals surface area contributed by atoms with Gasteiger partial charge in [-0.05, 0) is 42.0 Å². The Labute approximate surface area is 122 Å². The van der Waals surface area contributed by atoms with E-state index in [1.165, 1.54) is 24.3 Å². The minimum atomic E-state index is -4.43. The van der Waals surface area contributed by atoms with E-state index < -0.39 is 11.7 Å². The second kappa shape index (κ2) is 5.23. The number of halogens is 6. The molecule has 0 saturated carbocycles. The van der Waals surface area contributed by atoms with E-state index in [0.717, 1.165) is 12.1 Å². The highest BCUT2D eigenvalue weighted by molar-refractivity contribution is 6.36. The lowest BCUT2D eigenvalue weighted by Gasteiger charge is -2.11. The first kappa shape index (κ1) is 14.5. The summed E-state index contributed by atoms with van der Waals surface area (Å²) in [5.74, 6) is 0. The van der Waals surface area contributed by atoms with Gasteiger partial charge in [-0.3, -0.25) is 0 Å². The van der Waals surface area contributed by atoms with Crippen molar-refractivity contribution in [1.82, 2.24) is 0 Å². The second-order valence-corrected chi connectivity index (χ2v) is 5.13. The summed E-state index contributed by atoms with van der Waals surface area (Å²) in [4.78, 5) is 0. The Balaban J connectivity index is 2.61. The molecule has 0 atom stereocenters. The molecule has 100 valence electrons. The average Bonchev–Trinajstić information content (AvgIpc) is 2.26. The van der Waals surface area contributed by atoms with E-state index in [-0.39, 0.29) is 10.6 Å². The van der Waals surface area contributed by atoms with Crippen molar-refractivity contribution in [2.45, 2.75) is 6.18 Å². The van der Waals surface area contributed by atoms with E-state index in [4.69, 9.17) is 34.8 Å². The van der Waals surface area contributed by atoms with Crippen LogP contribution in [0.15, 0.2) is 36.4 Å². The van der Waals surface area contributed by atoms with Crippen LogP contribution < -0.4 is 0 Å². The predicted octanol–water partition coefficient (Wildman–Crippen LogP) is 6.33. The summed E-state index contributed by atoms with van der Waals surface area (Å²) in [5.41, 5.74) is -0.0995. The highest BCUT2D eigenvalue weighted by atomic mass is 35.5. The Morgan fingerprint density at radius 3 is 1.89 bits per heavy atom. The van der Waals surface area contributed by atoms with Gasteiger partial charge in [0.25, 0.3) is 0 Å². The molecule has 0 bridgehead atoms. The first-order valence-electron chi connectivity index (χ1n) is 5.10. The summed E-state index contributed by atoms with van der Waals surface area (Å²) in [5, 5.41) is 0.860. The van der Waals surface area contributed by atoms with Crippen molar-refractivity contribution >= 4 is 34.8 Å². The quantitative estimate of drug-likeness (QED) is 0.574. The highest BCUT2D eigenvalue weighted by Gasteiger charge is 2.31. The number of benzene rings is 2. The fourth-order valence-electron chi connectivity index (χ4n) is 1.63. The molecule has 0 saturated heterocycles. The van der Waals surface area contributed by atoms with Crippen LogP contribution in [0.5, 0.6) is 0 Å². The number of alkyl halides is 3. The minimum Gasteiger partial charge on any atom is -0.166 e. The maximum atomic E-state index is 12.7. The third-order valence-electron chi connectivity index (χ3n) is 2.47. The smallest absolute Gasteiger partial charge is 0.166 e. The van der Waals surface area contributed by atoms with Crippen molar-refractivity contribution in [3.05, 3.63) is 57.0 Å². The number of hydrogen-bond acceptors (Lipinski definition) is 0. The van der Waals surface area contributed by atoms with Crippen LogP contribution in [0.25, 0.3) is 11.1 Å². The Kier molecular flexibility index (Phi) is 4.00. The van der Waals surface area contributed by atoms with Crippen LogP contribution in [-0.4, -0.2) is 0 Å². The first-order chi connectivity index (χ1) is 8.77. The molecule has 0 fully saturated rings. The standard InChI is InChI=1S/C13H6Cl3F3/c14-9-3-7(4-10(15)6-9)11-5-8(13(17,18)19)1-2-12(11)16/h1-6H. The first-order valence-corrected chi connectivity index (χ1v) is 6.24. The molecule has 0 amide bonds. The molecule has 0 heterocycles.